The highest BCUT2D eigenvalue weighted by molar-refractivity contribution is 5.78. The normalized spacial score (nSPS) is 22.0. The summed E-state index contributed by atoms with van der Waals surface area (Å²) in [6, 6.07) is 1.50. The van der Waals surface area contributed by atoms with Gasteiger partial charge in [-0.15, -0.1) is 0 Å². The predicted octanol–water partition coefficient (Wildman–Crippen LogP) is 1.69. The molecule has 1 N–H and O–H groups in total. The van der Waals surface area contributed by atoms with Gasteiger partial charge < -0.3 is 14.9 Å². The van der Waals surface area contributed by atoms with Gasteiger partial charge in [-0.25, -0.2) is 9.78 Å². The van der Waals surface area contributed by atoms with Gasteiger partial charge in [0.15, 0.2) is 0 Å². The van der Waals surface area contributed by atoms with E-state index in [4.69, 9.17) is 0 Å². The second-order valence-corrected chi connectivity index (χ2v) is 5.75. The lowest BCUT2D eigenvalue weighted by Crippen LogP contribution is -2.37. The summed E-state index contributed by atoms with van der Waals surface area (Å²) in [4.78, 5) is 24.8. The van der Waals surface area contributed by atoms with Crippen LogP contribution < -0.4 is 9.80 Å². The number of hydrogen-bond donors (Lipinski definition) is 1. The third kappa shape index (κ3) is 2.80. The number of hydrogen-bond acceptors (Lipinski definition) is 5. The number of aromatic nitrogens is 2. The maximum absolute atomic E-state index is 11.4. The molecule has 1 aromatic heterocycles. The van der Waals surface area contributed by atoms with Crippen molar-refractivity contribution in [3.05, 3.63) is 11.8 Å². The Kier molecular flexibility index (Phi) is 3.94. The number of carbonyl (C=O) groups is 1. The summed E-state index contributed by atoms with van der Waals surface area (Å²) >= 11 is 0. The minimum absolute atomic E-state index is 0.448. The van der Waals surface area contributed by atoms with E-state index in [1.165, 1.54) is 12.8 Å². The van der Waals surface area contributed by atoms with Crippen molar-refractivity contribution < 1.29 is 9.90 Å². The van der Waals surface area contributed by atoms with Crippen LogP contribution in [0.1, 0.15) is 38.3 Å². The molecule has 3 heterocycles. The molecule has 0 aliphatic carbocycles. The molecule has 0 spiro atoms. The first-order valence-electron chi connectivity index (χ1n) is 7.81. The van der Waals surface area contributed by atoms with Crippen molar-refractivity contribution in [3.8, 4) is 0 Å². The Labute approximate surface area is 124 Å². The number of aliphatic carboxylic acids is 1. The summed E-state index contributed by atoms with van der Waals surface area (Å²) in [7, 11) is 0. The van der Waals surface area contributed by atoms with Crippen LogP contribution in [0.25, 0.3) is 0 Å². The molecule has 1 aromatic rings. The van der Waals surface area contributed by atoms with Crippen molar-refractivity contribution in [1.29, 1.82) is 0 Å². The van der Waals surface area contributed by atoms with E-state index < -0.39 is 12.0 Å². The van der Waals surface area contributed by atoms with Crippen molar-refractivity contribution >= 4 is 17.7 Å². The SMILES string of the molecule is CCc1cc(N2CCC[C@@H]2C(=O)O)nc(N2CCCC2)n1. The molecule has 2 aliphatic heterocycles. The molecule has 114 valence electrons. The Morgan fingerprint density at radius 3 is 2.71 bits per heavy atom. The van der Waals surface area contributed by atoms with Crippen molar-refractivity contribution in [1.82, 2.24) is 9.97 Å². The fourth-order valence-electron chi connectivity index (χ4n) is 3.15. The first-order valence-corrected chi connectivity index (χ1v) is 7.81. The zero-order chi connectivity index (χ0) is 14.8. The fraction of sp³-hybridized carbons (Fsp3) is 0.667. The second-order valence-electron chi connectivity index (χ2n) is 5.75. The van der Waals surface area contributed by atoms with Crippen molar-refractivity contribution in [3.63, 3.8) is 0 Å². The molecule has 0 unspecified atom stereocenters. The Hall–Kier alpha value is -1.85. The molecule has 0 bridgehead atoms. The first kappa shape index (κ1) is 14.1. The number of rotatable bonds is 4. The minimum Gasteiger partial charge on any atom is -0.480 e. The van der Waals surface area contributed by atoms with E-state index in [-0.39, 0.29) is 0 Å². The third-order valence-corrected chi connectivity index (χ3v) is 4.34. The monoisotopic (exact) mass is 290 g/mol. The quantitative estimate of drug-likeness (QED) is 0.910. The van der Waals surface area contributed by atoms with Crippen LogP contribution in [0.3, 0.4) is 0 Å². The van der Waals surface area contributed by atoms with Crippen LogP contribution >= 0.6 is 0 Å². The average Bonchev–Trinajstić information content (AvgIpc) is 3.17. The Morgan fingerprint density at radius 1 is 1.29 bits per heavy atom. The summed E-state index contributed by atoms with van der Waals surface area (Å²) < 4.78 is 0. The van der Waals surface area contributed by atoms with Crippen LogP contribution in [0.5, 0.6) is 0 Å². The van der Waals surface area contributed by atoms with Gasteiger partial charge in [0.1, 0.15) is 11.9 Å². The van der Waals surface area contributed by atoms with E-state index in [0.717, 1.165) is 49.9 Å². The van der Waals surface area contributed by atoms with E-state index in [0.29, 0.717) is 6.42 Å². The lowest BCUT2D eigenvalue weighted by Gasteiger charge is -2.25. The lowest BCUT2D eigenvalue weighted by atomic mass is 10.2. The van der Waals surface area contributed by atoms with Crippen LogP contribution in [0.15, 0.2) is 6.07 Å². The molecule has 1 atom stereocenters. The number of carboxylic acid groups (broad SMARTS) is 1. The Morgan fingerprint density at radius 2 is 2.05 bits per heavy atom. The molecule has 3 rings (SSSR count). The van der Waals surface area contributed by atoms with E-state index in [9.17, 15) is 9.90 Å². The zero-order valence-corrected chi connectivity index (χ0v) is 12.5. The number of anilines is 2. The van der Waals surface area contributed by atoms with Crippen molar-refractivity contribution in [2.24, 2.45) is 0 Å². The Bertz CT molecular complexity index is 528. The number of aryl methyl sites for hydroxylation is 1. The van der Waals surface area contributed by atoms with Gasteiger partial charge in [-0.1, -0.05) is 6.92 Å². The summed E-state index contributed by atoms with van der Waals surface area (Å²) in [5.74, 6) is 0.776. The molecular formula is C15H22N4O2. The van der Waals surface area contributed by atoms with Crippen molar-refractivity contribution in [2.45, 2.75) is 45.1 Å². The number of carboxylic acids is 1. The van der Waals surface area contributed by atoms with Crippen LogP contribution in [0, 0.1) is 0 Å². The van der Waals surface area contributed by atoms with Gasteiger partial charge in [-0.2, -0.15) is 4.98 Å². The third-order valence-electron chi connectivity index (χ3n) is 4.34. The largest absolute Gasteiger partial charge is 0.480 e. The Balaban J connectivity index is 1.93. The lowest BCUT2D eigenvalue weighted by molar-refractivity contribution is -0.138. The van der Waals surface area contributed by atoms with Crippen LogP contribution in [-0.4, -0.2) is 46.7 Å². The van der Waals surface area contributed by atoms with Crippen LogP contribution in [0.2, 0.25) is 0 Å². The molecule has 2 aliphatic rings. The molecule has 2 fully saturated rings. The van der Waals surface area contributed by atoms with Gasteiger partial charge in [-0.3, -0.25) is 0 Å². The fourth-order valence-corrected chi connectivity index (χ4v) is 3.15. The topological polar surface area (TPSA) is 69.6 Å². The molecule has 2 saturated heterocycles. The highest BCUT2D eigenvalue weighted by Crippen LogP contribution is 2.27. The minimum atomic E-state index is -0.758. The van der Waals surface area contributed by atoms with Gasteiger partial charge in [0.05, 0.1) is 0 Å². The van der Waals surface area contributed by atoms with Gasteiger partial charge >= 0.3 is 5.97 Å². The molecule has 21 heavy (non-hydrogen) atoms. The molecule has 0 amide bonds. The molecule has 0 aromatic carbocycles. The van der Waals surface area contributed by atoms with E-state index in [1.807, 2.05) is 11.0 Å². The van der Waals surface area contributed by atoms with Gasteiger partial charge in [-0.05, 0) is 32.1 Å². The number of nitrogens with zero attached hydrogens (tertiary/aromatic N) is 4. The first-order chi connectivity index (χ1) is 10.2. The summed E-state index contributed by atoms with van der Waals surface area (Å²) in [5, 5.41) is 9.36. The van der Waals surface area contributed by atoms with E-state index in [2.05, 4.69) is 21.8 Å². The second kappa shape index (κ2) is 5.87. The maximum Gasteiger partial charge on any atom is 0.326 e. The maximum atomic E-state index is 11.4. The highest BCUT2D eigenvalue weighted by Gasteiger charge is 2.32. The smallest absolute Gasteiger partial charge is 0.326 e. The zero-order valence-electron chi connectivity index (χ0n) is 12.5. The van der Waals surface area contributed by atoms with E-state index >= 15 is 0 Å². The highest BCUT2D eigenvalue weighted by atomic mass is 16.4. The molecule has 6 nitrogen and oxygen atoms in total. The predicted molar refractivity (Wildman–Crippen MR) is 80.9 cm³/mol. The summed E-state index contributed by atoms with van der Waals surface area (Å²) in [6.07, 6.45) is 4.79. The van der Waals surface area contributed by atoms with Gasteiger partial charge in [0.25, 0.3) is 0 Å². The standard InChI is InChI=1S/C15H22N4O2/c1-2-11-10-13(19-9-5-6-12(19)14(20)21)17-15(16-11)18-7-3-4-8-18/h10,12H,2-9H2,1H3,(H,20,21)/t12-/m1/s1. The molecule has 0 radical (unpaired) electrons. The van der Waals surface area contributed by atoms with Gasteiger partial charge in [0, 0.05) is 31.4 Å². The van der Waals surface area contributed by atoms with Crippen LogP contribution in [-0.2, 0) is 11.2 Å². The molecule has 0 saturated carbocycles. The summed E-state index contributed by atoms with van der Waals surface area (Å²) in [5.41, 5.74) is 0.984. The van der Waals surface area contributed by atoms with Gasteiger partial charge in [0.2, 0.25) is 5.95 Å². The van der Waals surface area contributed by atoms with E-state index in [1.54, 1.807) is 0 Å². The van der Waals surface area contributed by atoms with Crippen molar-refractivity contribution in [2.75, 3.05) is 29.4 Å². The molecule has 6 heteroatoms. The molecular weight excluding hydrogens is 268 g/mol. The average molecular weight is 290 g/mol. The summed E-state index contributed by atoms with van der Waals surface area (Å²) in [6.45, 7) is 4.82. The van der Waals surface area contributed by atoms with Crippen LogP contribution in [0.4, 0.5) is 11.8 Å².